The van der Waals surface area contributed by atoms with Crippen molar-refractivity contribution in [3.63, 3.8) is 0 Å². The Kier molecular flexibility index (Phi) is 106. The van der Waals surface area contributed by atoms with Gasteiger partial charge in [0.05, 0.1) is 37.0 Å². The fourth-order valence-electron chi connectivity index (χ4n) is 0. The van der Waals surface area contributed by atoms with Crippen LogP contribution in [0.4, 0.5) is 17.6 Å². The molecule has 0 amide bonds. The Hall–Kier alpha value is 0.777. The van der Waals surface area contributed by atoms with Crippen molar-refractivity contribution in [2.75, 3.05) is 0 Å². The first-order chi connectivity index (χ1) is 8.00. The fourth-order valence-corrected chi connectivity index (χ4v) is 0. The van der Waals surface area contributed by atoms with Crippen LogP contribution in [0.5, 0.6) is 0 Å². The molecule has 124 valence electrons. The van der Waals surface area contributed by atoms with Gasteiger partial charge in [0.15, 0.2) is 0 Å². The van der Waals surface area contributed by atoms with E-state index in [9.17, 15) is 17.6 Å². The number of alkyl halides is 4. The summed E-state index contributed by atoms with van der Waals surface area (Å²) in [5.74, 6) is 0. The molecule has 0 bridgehead atoms. The van der Waals surface area contributed by atoms with E-state index in [4.69, 9.17) is 47.3 Å². The third-order valence-electron chi connectivity index (χ3n) is 0. The number of hydrogen-bond acceptors (Lipinski definition) is 4. The molecule has 0 rings (SSSR count). The van der Waals surface area contributed by atoms with Crippen LogP contribution in [0.1, 0.15) is 0 Å². The topological polar surface area (TPSA) is 95.2 Å². The van der Waals surface area contributed by atoms with Crippen molar-refractivity contribution in [1.82, 2.24) is 0 Å². The summed E-state index contributed by atoms with van der Waals surface area (Å²) in [7, 11) is 2.76. The van der Waals surface area contributed by atoms with Crippen LogP contribution < -0.4 is 0 Å². The molecule has 20 heavy (non-hydrogen) atoms. The SMILES string of the molecule is FC(F)([PH3+])[PH3+].FC(F)([PH3+])[PH3+].[C-]#N.[C-]#N.[C-]#N.[C-]#N.[Pt].[Pt]. The van der Waals surface area contributed by atoms with Gasteiger partial charge in [0, 0.05) is 42.1 Å². The summed E-state index contributed by atoms with van der Waals surface area (Å²) in [6.07, 6.45) is 0. The van der Waals surface area contributed by atoms with Crippen LogP contribution in [0, 0.1) is 47.3 Å². The monoisotopic (exact) mass is 730 g/mol. The van der Waals surface area contributed by atoms with Gasteiger partial charge in [0.25, 0.3) is 0 Å². The molecule has 0 saturated carbocycles. The third-order valence-corrected chi connectivity index (χ3v) is 0. The van der Waals surface area contributed by atoms with E-state index in [-0.39, 0.29) is 42.1 Å². The molecule has 0 radical (unpaired) electrons. The van der Waals surface area contributed by atoms with Gasteiger partial charge < -0.3 is 47.3 Å². The molecule has 4 atom stereocenters. The van der Waals surface area contributed by atoms with Crippen LogP contribution in [0.15, 0.2) is 0 Å². The second-order valence-corrected chi connectivity index (χ2v) is 7.85. The zero-order valence-corrected chi connectivity index (χ0v) is 20.0. The van der Waals surface area contributed by atoms with Crippen LogP contribution in [-0.2, 0) is 42.1 Å². The molecule has 0 spiro atoms. The Morgan fingerprint density at radius 1 is 0.500 bits per heavy atom. The Bertz CT molecular complexity index is 179. The van der Waals surface area contributed by atoms with Crippen LogP contribution >= 0.6 is 37.0 Å². The Balaban J connectivity index is -0.0000000151. The van der Waals surface area contributed by atoms with Crippen molar-refractivity contribution in [3.05, 3.63) is 26.3 Å². The summed E-state index contributed by atoms with van der Waals surface area (Å²) in [4.78, 5) is 0. The first-order valence-corrected chi connectivity index (χ1v) is 5.89. The molecule has 14 heteroatoms. The zero-order chi connectivity index (χ0) is 17.0. The zero-order valence-electron chi connectivity index (χ0n) is 9.76. The normalized spacial score (nSPS) is 7.00. The molecule has 0 fully saturated rings. The molecular weight excluding hydrogens is 718 g/mol. The van der Waals surface area contributed by atoms with Gasteiger partial charge in [-0.15, -0.1) is 17.6 Å². The van der Waals surface area contributed by atoms with E-state index < -0.39 is 10.8 Å². The number of rotatable bonds is 0. The Morgan fingerprint density at radius 3 is 0.500 bits per heavy atom. The van der Waals surface area contributed by atoms with Crippen LogP contribution in [0.2, 0.25) is 0 Å². The fraction of sp³-hybridized carbons (Fsp3) is 0.333. The van der Waals surface area contributed by atoms with E-state index in [1.165, 1.54) is 0 Å². The molecule has 4 unspecified atom stereocenters. The largest absolute Gasteiger partial charge is 0.512 e. The van der Waals surface area contributed by atoms with Gasteiger partial charge in [-0.2, -0.15) is 0 Å². The van der Waals surface area contributed by atoms with Gasteiger partial charge in [-0.1, -0.05) is 0 Å². The van der Waals surface area contributed by atoms with Gasteiger partial charge in [0.2, 0.25) is 0 Å². The van der Waals surface area contributed by atoms with Gasteiger partial charge in [-0.25, -0.2) is 0 Å². The standard InChI is InChI=1S/2CH4F2P2.4CN.2Pt/c2*2-1(3,4)5;4*1-2;;/h2*4-5H2;;;;;;/q;;4*-1;;/p+4. The minimum atomic E-state index is -2.44. The van der Waals surface area contributed by atoms with Gasteiger partial charge >= 0.3 is 10.8 Å². The number of nitrogens with zero attached hydrogens (tertiary/aromatic N) is 4. The van der Waals surface area contributed by atoms with Crippen molar-refractivity contribution in [3.8, 4) is 0 Å². The molecule has 0 N–H and O–H groups in total. The smallest absolute Gasteiger partial charge is 0.440 e. The third kappa shape index (κ3) is 9840. The Labute approximate surface area is 154 Å². The molecule has 0 aromatic carbocycles. The minimum absolute atomic E-state index is 0. The molecule has 0 aromatic rings. The molecule has 0 saturated heterocycles. The summed E-state index contributed by atoms with van der Waals surface area (Å²) in [5, 5.41) is 20.1. The van der Waals surface area contributed by atoms with Gasteiger partial charge in [-0.05, 0) is 0 Å². The van der Waals surface area contributed by atoms with Gasteiger partial charge in [-0.3, -0.25) is 0 Å². The van der Waals surface area contributed by atoms with Crippen LogP contribution in [0.3, 0.4) is 0 Å². The van der Waals surface area contributed by atoms with E-state index in [0.29, 0.717) is 37.0 Å². The average molecular weight is 730 g/mol. The quantitative estimate of drug-likeness (QED) is 0.216. The summed E-state index contributed by atoms with van der Waals surface area (Å²) in [6, 6.07) is 0. The maximum atomic E-state index is 11.0. The second kappa shape index (κ2) is 42.7. The van der Waals surface area contributed by atoms with E-state index in [2.05, 4.69) is 0 Å². The second-order valence-electron chi connectivity index (χ2n) is 1.71. The van der Waals surface area contributed by atoms with Crippen LogP contribution in [0.25, 0.3) is 0 Å². The number of hydrogen-bond donors (Lipinski definition) is 0. The Morgan fingerprint density at radius 2 is 0.500 bits per heavy atom. The predicted octanol–water partition coefficient (Wildman–Crippen LogP) is 1.88. The number of halogens is 4. The molecule has 0 aliphatic carbocycles. The summed E-state index contributed by atoms with van der Waals surface area (Å²) < 4.78 is 44.2. The van der Waals surface area contributed by atoms with Crippen LogP contribution in [-0.4, -0.2) is 10.8 Å². The molecular formula is C6H12F4N4P4Pt2. The summed E-state index contributed by atoms with van der Waals surface area (Å²) in [5.41, 5.74) is 0. The molecule has 4 nitrogen and oxygen atoms in total. The maximum Gasteiger partial charge on any atom is 0.440 e. The van der Waals surface area contributed by atoms with E-state index >= 15 is 0 Å². The molecule has 0 aliphatic heterocycles. The molecule has 0 aromatic heterocycles. The van der Waals surface area contributed by atoms with E-state index in [1.807, 2.05) is 0 Å². The maximum absolute atomic E-state index is 11.0. The first kappa shape index (κ1) is 49.8. The van der Waals surface area contributed by atoms with Gasteiger partial charge in [0.1, 0.15) is 0 Å². The van der Waals surface area contributed by atoms with Crippen molar-refractivity contribution < 1.29 is 59.7 Å². The van der Waals surface area contributed by atoms with Crippen molar-refractivity contribution in [2.24, 2.45) is 0 Å². The first-order valence-electron chi connectivity index (χ1n) is 3.06. The van der Waals surface area contributed by atoms with E-state index in [1.54, 1.807) is 0 Å². The average Bonchev–Trinajstić information content (AvgIpc) is 2.24. The predicted molar refractivity (Wildman–Crippen MR) is 74.2 cm³/mol. The van der Waals surface area contributed by atoms with Crippen molar-refractivity contribution in [1.29, 1.82) is 21.0 Å². The molecule has 0 aliphatic rings. The minimum Gasteiger partial charge on any atom is -0.512 e. The molecule has 0 heterocycles. The summed E-state index contributed by atoms with van der Waals surface area (Å²) >= 11 is 0. The van der Waals surface area contributed by atoms with E-state index in [0.717, 1.165) is 0 Å². The van der Waals surface area contributed by atoms with Crippen molar-refractivity contribution in [2.45, 2.75) is 10.8 Å². The summed E-state index contributed by atoms with van der Waals surface area (Å²) in [6.45, 7) is 19.0. The van der Waals surface area contributed by atoms with Crippen molar-refractivity contribution >= 4 is 37.0 Å².